The molecule has 0 aromatic heterocycles. The van der Waals surface area contributed by atoms with Gasteiger partial charge < -0.3 is 14.8 Å². The van der Waals surface area contributed by atoms with Gasteiger partial charge in [0.25, 0.3) is 0 Å². The van der Waals surface area contributed by atoms with E-state index in [4.69, 9.17) is 9.47 Å². The van der Waals surface area contributed by atoms with E-state index in [2.05, 4.69) is 23.1 Å². The Morgan fingerprint density at radius 2 is 2.16 bits per heavy atom. The van der Waals surface area contributed by atoms with Crippen molar-refractivity contribution in [1.29, 1.82) is 0 Å². The van der Waals surface area contributed by atoms with E-state index in [1.807, 2.05) is 12.1 Å². The van der Waals surface area contributed by atoms with Gasteiger partial charge in [0.05, 0.1) is 14.2 Å². The fourth-order valence-electron chi connectivity index (χ4n) is 2.43. The third-order valence-corrected chi connectivity index (χ3v) is 4.84. The van der Waals surface area contributed by atoms with Gasteiger partial charge in [-0.05, 0) is 24.7 Å². The predicted octanol–water partition coefficient (Wildman–Crippen LogP) is 3.08. The van der Waals surface area contributed by atoms with Crippen LogP contribution < -0.4 is 14.8 Å². The van der Waals surface area contributed by atoms with Gasteiger partial charge in [0.15, 0.2) is 11.5 Å². The van der Waals surface area contributed by atoms with Gasteiger partial charge in [-0.3, -0.25) is 0 Å². The maximum atomic E-state index is 5.44. The van der Waals surface area contributed by atoms with Crippen molar-refractivity contribution in [3.8, 4) is 11.5 Å². The van der Waals surface area contributed by atoms with E-state index in [1.54, 1.807) is 14.2 Å². The number of methoxy groups -OCH3 is 2. The molecule has 1 aromatic rings. The minimum atomic E-state index is 0.769. The third-order valence-electron chi connectivity index (χ3n) is 3.45. The van der Waals surface area contributed by atoms with Gasteiger partial charge >= 0.3 is 0 Å². The summed E-state index contributed by atoms with van der Waals surface area (Å²) in [5.74, 6) is 2.96. The molecule has 1 heterocycles. The molecular formula is C15H23NO2S. The first-order chi connectivity index (χ1) is 9.35. The second kappa shape index (κ2) is 7.65. The second-order valence-electron chi connectivity index (χ2n) is 4.77. The van der Waals surface area contributed by atoms with E-state index in [-0.39, 0.29) is 0 Å². The number of thioether (sulfide) groups is 1. The van der Waals surface area contributed by atoms with Crippen LogP contribution in [0.5, 0.6) is 11.5 Å². The summed E-state index contributed by atoms with van der Waals surface area (Å²) in [5, 5.41) is 4.31. The van der Waals surface area contributed by atoms with Gasteiger partial charge in [-0.15, -0.1) is 0 Å². The zero-order valence-electron chi connectivity index (χ0n) is 11.8. The molecule has 3 nitrogen and oxygen atoms in total. The molecule has 19 heavy (non-hydrogen) atoms. The van der Waals surface area contributed by atoms with Crippen molar-refractivity contribution in [3.05, 3.63) is 23.8 Å². The number of rotatable bonds is 6. The third kappa shape index (κ3) is 4.05. The SMILES string of the molecule is COc1cccc(CNCC2CCCCS2)c1OC. The van der Waals surface area contributed by atoms with Crippen LogP contribution in [0.2, 0.25) is 0 Å². The van der Waals surface area contributed by atoms with Crippen LogP contribution in [0.25, 0.3) is 0 Å². The Morgan fingerprint density at radius 3 is 2.84 bits per heavy atom. The molecule has 0 spiro atoms. The molecule has 0 aliphatic carbocycles. The zero-order chi connectivity index (χ0) is 13.5. The van der Waals surface area contributed by atoms with E-state index in [9.17, 15) is 0 Å². The summed E-state index contributed by atoms with van der Waals surface area (Å²) in [5.41, 5.74) is 1.16. The van der Waals surface area contributed by atoms with Crippen LogP contribution in [-0.4, -0.2) is 31.8 Å². The summed E-state index contributed by atoms with van der Waals surface area (Å²) in [6.45, 7) is 1.91. The van der Waals surface area contributed by atoms with Crippen molar-refractivity contribution in [3.63, 3.8) is 0 Å². The van der Waals surface area contributed by atoms with Crippen LogP contribution in [-0.2, 0) is 6.54 Å². The molecule has 1 fully saturated rings. The molecule has 1 aliphatic heterocycles. The van der Waals surface area contributed by atoms with Crippen molar-refractivity contribution < 1.29 is 9.47 Å². The van der Waals surface area contributed by atoms with Crippen molar-refractivity contribution in [1.82, 2.24) is 5.32 Å². The number of para-hydroxylation sites is 1. The first kappa shape index (κ1) is 14.5. The highest BCUT2D eigenvalue weighted by atomic mass is 32.2. The van der Waals surface area contributed by atoms with Crippen molar-refractivity contribution in [2.75, 3.05) is 26.5 Å². The lowest BCUT2D eigenvalue weighted by molar-refractivity contribution is 0.350. The van der Waals surface area contributed by atoms with Crippen LogP contribution in [0, 0.1) is 0 Å². The maximum absolute atomic E-state index is 5.44. The predicted molar refractivity (Wildman–Crippen MR) is 81.3 cm³/mol. The summed E-state index contributed by atoms with van der Waals surface area (Å²) >= 11 is 2.10. The average molecular weight is 281 g/mol. The lowest BCUT2D eigenvalue weighted by Gasteiger charge is -2.22. The molecule has 0 saturated carbocycles. The molecule has 1 saturated heterocycles. The summed E-state index contributed by atoms with van der Waals surface area (Å²) in [4.78, 5) is 0. The molecular weight excluding hydrogens is 258 g/mol. The Bertz CT molecular complexity index is 392. The van der Waals surface area contributed by atoms with Gasteiger partial charge in [-0.1, -0.05) is 18.6 Å². The lowest BCUT2D eigenvalue weighted by atomic mass is 10.1. The molecule has 0 bridgehead atoms. The number of nitrogens with one attached hydrogen (secondary N) is 1. The monoisotopic (exact) mass is 281 g/mol. The Hall–Kier alpha value is -0.870. The molecule has 1 atom stereocenters. The highest BCUT2D eigenvalue weighted by Gasteiger charge is 2.14. The first-order valence-electron chi connectivity index (χ1n) is 6.87. The van der Waals surface area contributed by atoms with E-state index in [0.717, 1.165) is 35.4 Å². The van der Waals surface area contributed by atoms with E-state index < -0.39 is 0 Å². The van der Waals surface area contributed by atoms with Gasteiger partial charge in [-0.2, -0.15) is 11.8 Å². The molecule has 2 rings (SSSR count). The highest BCUT2D eigenvalue weighted by Crippen LogP contribution is 2.30. The molecule has 1 aromatic carbocycles. The van der Waals surface area contributed by atoms with E-state index in [0.29, 0.717) is 0 Å². The minimum absolute atomic E-state index is 0.769. The number of hydrogen-bond acceptors (Lipinski definition) is 4. The molecule has 106 valence electrons. The fraction of sp³-hybridized carbons (Fsp3) is 0.600. The Balaban J connectivity index is 1.88. The number of benzene rings is 1. The van der Waals surface area contributed by atoms with Crippen LogP contribution in [0.4, 0.5) is 0 Å². The van der Waals surface area contributed by atoms with E-state index >= 15 is 0 Å². The molecule has 0 amide bonds. The van der Waals surface area contributed by atoms with Gasteiger partial charge in [0, 0.05) is 23.9 Å². The van der Waals surface area contributed by atoms with Crippen LogP contribution in [0.3, 0.4) is 0 Å². The van der Waals surface area contributed by atoms with Crippen LogP contribution in [0.1, 0.15) is 24.8 Å². The standard InChI is InChI=1S/C15H23NO2S/c1-17-14-8-5-6-12(15(14)18-2)10-16-11-13-7-3-4-9-19-13/h5-6,8,13,16H,3-4,7,9-11H2,1-2H3. The Kier molecular flexibility index (Phi) is 5.86. The number of hydrogen-bond donors (Lipinski definition) is 1. The summed E-state index contributed by atoms with van der Waals surface area (Å²) < 4.78 is 10.8. The van der Waals surface area contributed by atoms with Gasteiger partial charge in [0.2, 0.25) is 0 Å². The number of ether oxygens (including phenoxy) is 2. The minimum Gasteiger partial charge on any atom is -0.493 e. The summed E-state index contributed by atoms with van der Waals surface area (Å²) in [6, 6.07) is 6.02. The molecule has 0 radical (unpaired) electrons. The van der Waals surface area contributed by atoms with Crippen molar-refractivity contribution >= 4 is 11.8 Å². The quantitative estimate of drug-likeness (QED) is 0.868. The highest BCUT2D eigenvalue weighted by molar-refractivity contribution is 7.99. The van der Waals surface area contributed by atoms with Crippen molar-refractivity contribution in [2.45, 2.75) is 31.1 Å². The zero-order valence-corrected chi connectivity index (χ0v) is 12.6. The lowest BCUT2D eigenvalue weighted by Crippen LogP contribution is -2.26. The fourth-order valence-corrected chi connectivity index (χ4v) is 3.70. The summed E-state index contributed by atoms with van der Waals surface area (Å²) in [6.07, 6.45) is 4.10. The molecule has 1 N–H and O–H groups in total. The Morgan fingerprint density at radius 1 is 1.26 bits per heavy atom. The largest absolute Gasteiger partial charge is 0.493 e. The molecule has 4 heteroatoms. The Labute approximate surface area is 120 Å². The average Bonchev–Trinajstić information content (AvgIpc) is 2.48. The summed E-state index contributed by atoms with van der Waals surface area (Å²) in [7, 11) is 3.37. The topological polar surface area (TPSA) is 30.5 Å². The molecule has 1 unspecified atom stereocenters. The maximum Gasteiger partial charge on any atom is 0.165 e. The van der Waals surface area contributed by atoms with Crippen molar-refractivity contribution in [2.24, 2.45) is 0 Å². The normalized spacial score (nSPS) is 19.2. The van der Waals surface area contributed by atoms with Gasteiger partial charge in [0.1, 0.15) is 0 Å². The van der Waals surface area contributed by atoms with Crippen LogP contribution in [0.15, 0.2) is 18.2 Å². The van der Waals surface area contributed by atoms with Gasteiger partial charge in [-0.25, -0.2) is 0 Å². The van der Waals surface area contributed by atoms with E-state index in [1.165, 1.54) is 25.0 Å². The molecule has 1 aliphatic rings. The van der Waals surface area contributed by atoms with Crippen LogP contribution >= 0.6 is 11.8 Å². The smallest absolute Gasteiger partial charge is 0.165 e. The second-order valence-corrected chi connectivity index (χ2v) is 6.18. The first-order valence-corrected chi connectivity index (χ1v) is 7.92.